The quantitative estimate of drug-likeness (QED) is 0.871. The fourth-order valence-corrected chi connectivity index (χ4v) is 3.49. The molecule has 1 aromatic carbocycles. The zero-order valence-electron chi connectivity index (χ0n) is 11.0. The smallest absolute Gasteiger partial charge is 0.246 e. The van der Waals surface area contributed by atoms with Gasteiger partial charge < -0.3 is 10.3 Å². The Bertz CT molecular complexity index is 596. The maximum Gasteiger partial charge on any atom is 0.246 e. The molecule has 20 heavy (non-hydrogen) atoms. The lowest BCUT2D eigenvalue weighted by Gasteiger charge is -2.17. The molecule has 0 amide bonds. The summed E-state index contributed by atoms with van der Waals surface area (Å²) in [6.07, 6.45) is 4.11. The van der Waals surface area contributed by atoms with Gasteiger partial charge in [-0.15, -0.1) is 11.8 Å². The number of nitrogens with zero attached hydrogens (tertiary/aromatic N) is 2. The van der Waals surface area contributed by atoms with Gasteiger partial charge in [-0.25, -0.2) is 0 Å². The Labute approximate surface area is 127 Å². The van der Waals surface area contributed by atoms with Crippen LogP contribution in [0.15, 0.2) is 33.7 Å². The van der Waals surface area contributed by atoms with E-state index >= 15 is 0 Å². The summed E-state index contributed by atoms with van der Waals surface area (Å²) in [5, 5.41) is 4.76. The first-order valence-corrected chi connectivity index (χ1v) is 8.02. The lowest BCUT2D eigenvalue weighted by molar-refractivity contribution is 0.284. The van der Waals surface area contributed by atoms with Crippen LogP contribution in [0.1, 0.15) is 37.4 Å². The fraction of sp³-hybridized carbons (Fsp3) is 0.429. The maximum absolute atomic E-state index is 6.30. The number of rotatable bonds is 4. The van der Waals surface area contributed by atoms with Gasteiger partial charge in [-0.1, -0.05) is 35.7 Å². The highest BCUT2D eigenvalue weighted by Crippen LogP contribution is 2.35. The van der Waals surface area contributed by atoms with Crippen LogP contribution in [0.4, 0.5) is 0 Å². The second-order valence-electron chi connectivity index (χ2n) is 5.13. The number of hydrogen-bond acceptors (Lipinski definition) is 5. The van der Waals surface area contributed by atoms with Crippen LogP contribution < -0.4 is 5.73 Å². The third kappa shape index (κ3) is 3.00. The summed E-state index contributed by atoms with van der Waals surface area (Å²) in [4.78, 5) is 5.53. The summed E-state index contributed by atoms with van der Waals surface area (Å²) in [6, 6.07) is 7.73. The minimum absolute atomic E-state index is 0.411. The predicted octanol–water partition coefficient (Wildman–Crippen LogP) is 3.74. The van der Waals surface area contributed by atoms with Crippen molar-refractivity contribution in [3.05, 3.63) is 41.0 Å². The van der Waals surface area contributed by atoms with Crippen LogP contribution in [0.2, 0.25) is 5.02 Å². The van der Waals surface area contributed by atoms with E-state index in [4.69, 9.17) is 21.9 Å². The van der Waals surface area contributed by atoms with Crippen LogP contribution >= 0.6 is 23.4 Å². The van der Waals surface area contributed by atoms with Gasteiger partial charge in [0.25, 0.3) is 0 Å². The number of hydrogen-bond donors (Lipinski definition) is 1. The standard InChI is InChI=1S/C14H16ClN3OS/c15-10-4-3-5-11(8-10)20-9-12-17-13(19-18-12)14(16)6-1-2-7-14/h3-5,8H,1-2,6-7,9,16H2. The Balaban J connectivity index is 1.65. The molecule has 0 spiro atoms. The first-order chi connectivity index (χ1) is 9.66. The summed E-state index contributed by atoms with van der Waals surface area (Å²) in [5.41, 5.74) is 5.89. The van der Waals surface area contributed by atoms with Crippen LogP contribution in [-0.2, 0) is 11.3 Å². The molecule has 3 rings (SSSR count). The van der Waals surface area contributed by atoms with E-state index in [0.29, 0.717) is 17.5 Å². The van der Waals surface area contributed by atoms with E-state index in [1.54, 1.807) is 11.8 Å². The average molecular weight is 310 g/mol. The van der Waals surface area contributed by atoms with Crippen molar-refractivity contribution in [2.75, 3.05) is 0 Å². The number of thioether (sulfide) groups is 1. The minimum Gasteiger partial charge on any atom is -0.337 e. The molecule has 0 bridgehead atoms. The molecule has 1 saturated carbocycles. The molecule has 1 aromatic heterocycles. The third-order valence-electron chi connectivity index (χ3n) is 3.55. The van der Waals surface area contributed by atoms with Gasteiger partial charge in [-0.05, 0) is 31.0 Å². The molecule has 1 fully saturated rings. The van der Waals surface area contributed by atoms with E-state index in [1.807, 2.05) is 24.3 Å². The third-order valence-corrected chi connectivity index (χ3v) is 4.78. The molecule has 4 nitrogen and oxygen atoms in total. The van der Waals surface area contributed by atoms with Crippen LogP contribution in [0.25, 0.3) is 0 Å². The lowest BCUT2D eigenvalue weighted by atomic mass is 10.00. The summed E-state index contributed by atoms with van der Waals surface area (Å²) >= 11 is 7.59. The highest BCUT2D eigenvalue weighted by molar-refractivity contribution is 7.98. The number of benzene rings is 1. The van der Waals surface area contributed by atoms with Crippen LogP contribution in [0.5, 0.6) is 0 Å². The van der Waals surface area contributed by atoms with Crippen molar-refractivity contribution in [2.24, 2.45) is 5.73 Å². The molecule has 0 atom stereocenters. The molecule has 1 aliphatic rings. The molecule has 106 valence electrons. The van der Waals surface area contributed by atoms with Crippen molar-refractivity contribution in [3.8, 4) is 0 Å². The molecular weight excluding hydrogens is 294 g/mol. The van der Waals surface area contributed by atoms with Crippen molar-refractivity contribution in [3.63, 3.8) is 0 Å². The first kappa shape index (κ1) is 13.9. The molecule has 0 aliphatic heterocycles. The topological polar surface area (TPSA) is 64.9 Å². The Morgan fingerprint density at radius 2 is 2.15 bits per heavy atom. The van der Waals surface area contributed by atoms with E-state index in [-0.39, 0.29) is 0 Å². The van der Waals surface area contributed by atoms with E-state index in [9.17, 15) is 0 Å². The predicted molar refractivity (Wildman–Crippen MR) is 79.6 cm³/mol. The van der Waals surface area contributed by atoms with Crippen molar-refractivity contribution >= 4 is 23.4 Å². The van der Waals surface area contributed by atoms with Crippen LogP contribution in [0, 0.1) is 0 Å². The van der Waals surface area contributed by atoms with E-state index in [2.05, 4.69) is 10.1 Å². The van der Waals surface area contributed by atoms with Crippen molar-refractivity contribution < 1.29 is 4.52 Å². The van der Waals surface area contributed by atoms with Gasteiger partial charge in [-0.2, -0.15) is 4.98 Å². The van der Waals surface area contributed by atoms with E-state index < -0.39 is 5.54 Å². The zero-order chi connectivity index (χ0) is 14.0. The largest absolute Gasteiger partial charge is 0.337 e. The van der Waals surface area contributed by atoms with Crippen molar-refractivity contribution in [1.82, 2.24) is 10.1 Å². The number of halogens is 1. The van der Waals surface area contributed by atoms with Crippen LogP contribution in [0.3, 0.4) is 0 Å². The molecule has 0 saturated heterocycles. The summed E-state index contributed by atoms with van der Waals surface area (Å²) in [7, 11) is 0. The summed E-state index contributed by atoms with van der Waals surface area (Å²) < 4.78 is 5.34. The van der Waals surface area contributed by atoms with Crippen molar-refractivity contribution in [2.45, 2.75) is 41.9 Å². The Hall–Kier alpha value is -1.04. The first-order valence-electron chi connectivity index (χ1n) is 6.66. The molecule has 2 N–H and O–H groups in total. The van der Waals surface area contributed by atoms with E-state index in [0.717, 1.165) is 35.6 Å². The Morgan fingerprint density at radius 1 is 1.35 bits per heavy atom. The number of nitrogens with two attached hydrogens (primary N) is 1. The van der Waals surface area contributed by atoms with Gasteiger partial charge in [0.1, 0.15) is 0 Å². The summed E-state index contributed by atoms with van der Waals surface area (Å²) in [6.45, 7) is 0. The van der Waals surface area contributed by atoms with Crippen LogP contribution in [-0.4, -0.2) is 10.1 Å². The Kier molecular flexibility index (Phi) is 4.01. The molecule has 6 heteroatoms. The number of aromatic nitrogens is 2. The zero-order valence-corrected chi connectivity index (χ0v) is 12.6. The van der Waals surface area contributed by atoms with Gasteiger partial charge in [0.15, 0.2) is 5.82 Å². The second-order valence-corrected chi connectivity index (χ2v) is 6.61. The van der Waals surface area contributed by atoms with Gasteiger partial charge >= 0.3 is 0 Å². The monoisotopic (exact) mass is 309 g/mol. The average Bonchev–Trinajstić information content (AvgIpc) is 3.06. The van der Waals surface area contributed by atoms with Gasteiger partial charge in [0, 0.05) is 9.92 Å². The molecule has 0 unspecified atom stereocenters. The van der Waals surface area contributed by atoms with Gasteiger partial charge in [-0.3, -0.25) is 0 Å². The molecular formula is C14H16ClN3OS. The normalized spacial score (nSPS) is 17.5. The second kappa shape index (κ2) is 5.76. The molecule has 2 aromatic rings. The maximum atomic E-state index is 6.30. The highest BCUT2D eigenvalue weighted by atomic mass is 35.5. The van der Waals surface area contributed by atoms with Gasteiger partial charge in [0.05, 0.1) is 11.3 Å². The Morgan fingerprint density at radius 3 is 2.90 bits per heavy atom. The fourth-order valence-electron chi connectivity index (χ4n) is 2.44. The van der Waals surface area contributed by atoms with Gasteiger partial charge in [0.2, 0.25) is 5.89 Å². The van der Waals surface area contributed by atoms with Crippen molar-refractivity contribution in [1.29, 1.82) is 0 Å². The highest BCUT2D eigenvalue weighted by Gasteiger charge is 2.36. The lowest BCUT2D eigenvalue weighted by Crippen LogP contribution is -2.33. The summed E-state index contributed by atoms with van der Waals surface area (Å²) in [5.74, 6) is 1.92. The molecule has 1 heterocycles. The molecule has 1 aliphatic carbocycles. The molecule has 0 radical (unpaired) electrons. The SMILES string of the molecule is NC1(c2nc(CSc3cccc(Cl)c3)no2)CCCC1. The minimum atomic E-state index is -0.411. The van der Waals surface area contributed by atoms with E-state index in [1.165, 1.54) is 0 Å².